The Bertz CT molecular complexity index is 847. The van der Waals surface area contributed by atoms with Crippen LogP contribution in [0.4, 0.5) is 0 Å². The molecule has 0 bridgehead atoms. The molecule has 3 aliphatic heterocycles. The highest BCUT2D eigenvalue weighted by atomic mass is 16.5. The van der Waals surface area contributed by atoms with Gasteiger partial charge in [-0.05, 0) is 89.5 Å². The Morgan fingerprint density at radius 3 is 2.03 bits per heavy atom. The van der Waals surface area contributed by atoms with Crippen LogP contribution in [0, 0.1) is 5.92 Å². The smallest absolute Gasteiger partial charge is 0.260 e. The Balaban J connectivity index is 1.25. The molecule has 0 aromatic heterocycles. The number of rotatable bonds is 5. The maximum Gasteiger partial charge on any atom is 0.260 e. The molecule has 0 spiro atoms. The summed E-state index contributed by atoms with van der Waals surface area (Å²) in [5.41, 5.74) is 0.609. The number of carbonyl (C=O) groups excluding carboxylic acids is 3. The second-order valence-corrected chi connectivity index (χ2v) is 10.2. The lowest BCUT2D eigenvalue weighted by Crippen LogP contribution is -2.49. The Kier molecular flexibility index (Phi) is 8.11. The van der Waals surface area contributed by atoms with E-state index >= 15 is 0 Å². The topological polar surface area (TPSA) is 70.2 Å². The molecule has 186 valence electrons. The van der Waals surface area contributed by atoms with Crippen molar-refractivity contribution in [1.29, 1.82) is 0 Å². The minimum atomic E-state index is -0.0116. The van der Waals surface area contributed by atoms with Crippen molar-refractivity contribution in [3.8, 4) is 5.75 Å². The lowest BCUT2D eigenvalue weighted by Gasteiger charge is -2.39. The lowest BCUT2D eigenvalue weighted by molar-refractivity contribution is -0.139. The predicted octanol–water partition coefficient (Wildman–Crippen LogP) is 3.72. The summed E-state index contributed by atoms with van der Waals surface area (Å²) < 4.78 is 5.74. The van der Waals surface area contributed by atoms with Gasteiger partial charge in [0.1, 0.15) is 5.75 Å². The first-order valence-electron chi connectivity index (χ1n) is 13.1. The number of piperidine rings is 3. The van der Waals surface area contributed by atoms with Crippen LogP contribution >= 0.6 is 0 Å². The summed E-state index contributed by atoms with van der Waals surface area (Å²) in [4.78, 5) is 44.2. The van der Waals surface area contributed by atoms with Crippen LogP contribution in [-0.4, -0.2) is 77.3 Å². The van der Waals surface area contributed by atoms with Gasteiger partial charge in [0.25, 0.3) is 11.8 Å². The molecule has 3 fully saturated rings. The minimum Gasteiger partial charge on any atom is -0.484 e. The maximum absolute atomic E-state index is 13.0. The molecule has 1 aromatic carbocycles. The normalized spacial score (nSPS) is 24.1. The van der Waals surface area contributed by atoms with Gasteiger partial charge >= 0.3 is 0 Å². The zero-order valence-electron chi connectivity index (χ0n) is 20.7. The number of carbonyl (C=O) groups is 3. The van der Waals surface area contributed by atoms with E-state index < -0.39 is 0 Å². The summed E-state index contributed by atoms with van der Waals surface area (Å²) in [6, 6.07) is 7.54. The molecule has 0 radical (unpaired) electrons. The summed E-state index contributed by atoms with van der Waals surface area (Å²) in [5.74, 6) is 0.911. The number of nitrogens with zero attached hydrogens (tertiary/aromatic N) is 3. The Morgan fingerprint density at radius 2 is 1.41 bits per heavy atom. The van der Waals surface area contributed by atoms with Gasteiger partial charge in [0.05, 0.1) is 0 Å². The van der Waals surface area contributed by atoms with Crippen molar-refractivity contribution in [2.24, 2.45) is 5.92 Å². The predicted molar refractivity (Wildman–Crippen MR) is 131 cm³/mol. The van der Waals surface area contributed by atoms with E-state index in [1.807, 2.05) is 14.7 Å². The van der Waals surface area contributed by atoms with E-state index in [2.05, 4.69) is 13.8 Å². The average Bonchev–Trinajstić information content (AvgIpc) is 2.87. The molecule has 2 atom stereocenters. The van der Waals surface area contributed by atoms with E-state index in [-0.39, 0.29) is 42.3 Å². The molecule has 4 rings (SSSR count). The largest absolute Gasteiger partial charge is 0.484 e. The van der Waals surface area contributed by atoms with E-state index in [4.69, 9.17) is 4.74 Å². The fraction of sp³-hybridized carbons (Fsp3) is 0.667. The van der Waals surface area contributed by atoms with E-state index in [0.29, 0.717) is 24.4 Å². The molecule has 3 saturated heterocycles. The number of ether oxygens (including phenoxy) is 1. The van der Waals surface area contributed by atoms with Gasteiger partial charge in [0.2, 0.25) is 5.91 Å². The third-order valence-electron chi connectivity index (χ3n) is 7.74. The molecule has 0 N–H and O–H groups in total. The standard InChI is InChI=1S/C27H39N3O4/c1-20-7-6-8-21(2)30(20)25(31)19-34-24-11-9-22(10-12-24)26(32)29-17-13-23(14-18-29)27(33)28-15-4-3-5-16-28/h9-12,20-21,23H,3-8,13-19H2,1-2H3/t20-,21+. The van der Waals surface area contributed by atoms with Crippen molar-refractivity contribution in [2.45, 2.75) is 77.3 Å². The highest BCUT2D eigenvalue weighted by Gasteiger charge is 2.31. The first-order chi connectivity index (χ1) is 16.4. The number of benzene rings is 1. The average molecular weight is 470 g/mol. The first kappa shape index (κ1) is 24.6. The van der Waals surface area contributed by atoms with Gasteiger partial charge in [-0.2, -0.15) is 0 Å². The molecule has 7 nitrogen and oxygen atoms in total. The second kappa shape index (κ2) is 11.2. The zero-order valence-corrected chi connectivity index (χ0v) is 20.7. The Hall–Kier alpha value is -2.57. The van der Waals surface area contributed by atoms with Gasteiger partial charge in [-0.25, -0.2) is 0 Å². The molecule has 34 heavy (non-hydrogen) atoms. The van der Waals surface area contributed by atoms with Gasteiger partial charge in [-0.3, -0.25) is 14.4 Å². The van der Waals surface area contributed by atoms with E-state index in [9.17, 15) is 14.4 Å². The van der Waals surface area contributed by atoms with Crippen LogP contribution in [0.25, 0.3) is 0 Å². The molecule has 0 aliphatic carbocycles. The molecular weight excluding hydrogens is 430 g/mol. The Labute approximate surface area is 203 Å². The number of likely N-dealkylation sites (tertiary alicyclic amines) is 3. The van der Waals surface area contributed by atoms with Gasteiger partial charge in [-0.1, -0.05) is 0 Å². The summed E-state index contributed by atoms with van der Waals surface area (Å²) >= 11 is 0. The number of amides is 3. The van der Waals surface area contributed by atoms with Gasteiger partial charge in [0, 0.05) is 49.7 Å². The van der Waals surface area contributed by atoms with Crippen molar-refractivity contribution in [2.75, 3.05) is 32.8 Å². The van der Waals surface area contributed by atoms with Crippen LogP contribution in [0.2, 0.25) is 0 Å². The highest BCUT2D eigenvalue weighted by molar-refractivity contribution is 5.94. The molecule has 3 aliphatic rings. The third-order valence-corrected chi connectivity index (χ3v) is 7.74. The van der Waals surface area contributed by atoms with E-state index in [0.717, 1.165) is 58.0 Å². The zero-order chi connectivity index (χ0) is 24.1. The first-order valence-corrected chi connectivity index (χ1v) is 13.1. The van der Waals surface area contributed by atoms with Crippen LogP contribution in [0.15, 0.2) is 24.3 Å². The molecule has 3 heterocycles. The highest BCUT2D eigenvalue weighted by Crippen LogP contribution is 2.25. The number of hydrogen-bond acceptors (Lipinski definition) is 4. The van der Waals surface area contributed by atoms with Crippen LogP contribution in [0.5, 0.6) is 5.75 Å². The molecular formula is C27H39N3O4. The van der Waals surface area contributed by atoms with Crippen LogP contribution in [0.1, 0.15) is 75.6 Å². The summed E-state index contributed by atoms with van der Waals surface area (Å²) in [6.07, 6.45) is 8.13. The summed E-state index contributed by atoms with van der Waals surface area (Å²) in [5, 5.41) is 0. The molecule has 3 amide bonds. The van der Waals surface area contributed by atoms with Gasteiger partial charge < -0.3 is 19.4 Å². The van der Waals surface area contributed by atoms with E-state index in [1.165, 1.54) is 6.42 Å². The van der Waals surface area contributed by atoms with Crippen molar-refractivity contribution in [3.63, 3.8) is 0 Å². The lowest BCUT2D eigenvalue weighted by atomic mass is 9.94. The van der Waals surface area contributed by atoms with Crippen molar-refractivity contribution >= 4 is 17.7 Å². The fourth-order valence-electron chi connectivity index (χ4n) is 5.71. The Morgan fingerprint density at radius 1 is 0.794 bits per heavy atom. The van der Waals surface area contributed by atoms with Crippen molar-refractivity contribution in [3.05, 3.63) is 29.8 Å². The third kappa shape index (κ3) is 5.73. The molecule has 7 heteroatoms. The summed E-state index contributed by atoms with van der Waals surface area (Å²) in [7, 11) is 0. The second-order valence-electron chi connectivity index (χ2n) is 10.2. The van der Waals surface area contributed by atoms with E-state index in [1.54, 1.807) is 24.3 Å². The summed E-state index contributed by atoms with van der Waals surface area (Å²) in [6.45, 7) is 7.20. The van der Waals surface area contributed by atoms with Crippen LogP contribution < -0.4 is 4.74 Å². The number of hydrogen-bond donors (Lipinski definition) is 0. The van der Waals surface area contributed by atoms with Crippen LogP contribution in [-0.2, 0) is 9.59 Å². The van der Waals surface area contributed by atoms with Crippen molar-refractivity contribution in [1.82, 2.24) is 14.7 Å². The fourth-order valence-corrected chi connectivity index (χ4v) is 5.71. The van der Waals surface area contributed by atoms with Crippen LogP contribution in [0.3, 0.4) is 0 Å². The molecule has 0 saturated carbocycles. The quantitative estimate of drug-likeness (QED) is 0.659. The monoisotopic (exact) mass is 469 g/mol. The minimum absolute atomic E-state index is 0.0116. The van der Waals surface area contributed by atoms with Crippen molar-refractivity contribution < 1.29 is 19.1 Å². The van der Waals surface area contributed by atoms with Gasteiger partial charge in [0.15, 0.2) is 6.61 Å². The van der Waals surface area contributed by atoms with Gasteiger partial charge in [-0.15, -0.1) is 0 Å². The molecule has 1 aromatic rings. The SMILES string of the molecule is C[C@@H]1CCC[C@H](C)N1C(=O)COc1ccc(C(=O)N2CCC(C(=O)N3CCCCC3)CC2)cc1. The maximum atomic E-state index is 13.0. The molecule has 0 unspecified atom stereocenters.